The molecule has 0 aromatic heterocycles. The van der Waals surface area contributed by atoms with Crippen molar-refractivity contribution in [2.45, 2.75) is 6.37 Å². The van der Waals surface area contributed by atoms with Gasteiger partial charge in [-0.15, -0.1) is 0 Å². The van der Waals surface area contributed by atoms with E-state index in [1.54, 1.807) is 55.6 Å². The summed E-state index contributed by atoms with van der Waals surface area (Å²) in [6.07, 6.45) is -1.66. The van der Waals surface area contributed by atoms with E-state index in [1.807, 2.05) is 18.2 Å². The lowest BCUT2D eigenvalue weighted by molar-refractivity contribution is 0.416. The monoisotopic (exact) mass is 325 g/mol. The number of halogens is 1. The first kappa shape index (κ1) is 13.0. The highest BCUT2D eigenvalue weighted by atomic mass is 35.5. The van der Waals surface area contributed by atoms with E-state index in [2.05, 4.69) is 0 Å². The first-order valence-electron chi connectivity index (χ1n) is 8.22. The Labute approximate surface area is 144 Å². The smallest absolute Gasteiger partial charge is 0.126 e. The lowest BCUT2D eigenvalue weighted by atomic mass is 9.98. The van der Waals surface area contributed by atoms with Crippen molar-refractivity contribution in [3.63, 3.8) is 0 Å². The molecule has 23 heavy (non-hydrogen) atoms. The largest absolute Gasteiger partial charge is 0.496 e. The van der Waals surface area contributed by atoms with Gasteiger partial charge in [0.05, 0.1) is 7.11 Å². The number of anilines is 1. The minimum absolute atomic E-state index is 0.535. The van der Waals surface area contributed by atoms with Crippen LogP contribution in [-0.4, -0.2) is 7.11 Å². The molecule has 0 aliphatic rings. The van der Waals surface area contributed by atoms with Crippen molar-refractivity contribution >= 4 is 17.3 Å². The molecule has 0 atom stereocenters. The number of ether oxygens (including phenoxy) is 1. The van der Waals surface area contributed by atoms with Crippen LogP contribution < -0.4 is 10.5 Å². The first-order chi connectivity index (χ1) is 11.9. The van der Waals surface area contributed by atoms with Gasteiger partial charge in [-0.1, -0.05) is 41.9 Å². The van der Waals surface area contributed by atoms with Crippen molar-refractivity contribution in [2.24, 2.45) is 0 Å². The molecular formula is C20H18ClNO. The molecule has 3 rings (SSSR count). The molecule has 3 aromatic carbocycles. The number of hydrogen-bond acceptors (Lipinski definition) is 2. The molecule has 2 N–H and O–H groups in total. The van der Waals surface area contributed by atoms with Crippen LogP contribution in [0.4, 0.5) is 5.69 Å². The van der Waals surface area contributed by atoms with Gasteiger partial charge >= 0.3 is 0 Å². The highest BCUT2D eigenvalue weighted by Crippen LogP contribution is 2.32. The van der Waals surface area contributed by atoms with Crippen molar-refractivity contribution < 1.29 is 7.48 Å². The summed E-state index contributed by atoms with van der Waals surface area (Å²) < 4.78 is 22.6. The summed E-state index contributed by atoms with van der Waals surface area (Å²) in [5, 5.41) is 0.617. The predicted molar refractivity (Wildman–Crippen MR) is 97.1 cm³/mol. The molecule has 0 unspecified atom stereocenters. The number of hydrogen-bond donors (Lipinski definition) is 1. The van der Waals surface area contributed by atoms with Crippen LogP contribution in [0.15, 0.2) is 66.7 Å². The molecule has 3 heteroatoms. The van der Waals surface area contributed by atoms with Gasteiger partial charge in [-0.2, -0.15) is 0 Å². The molecule has 3 aromatic rings. The van der Waals surface area contributed by atoms with Crippen LogP contribution in [-0.2, 0) is 6.37 Å². The van der Waals surface area contributed by atoms with Gasteiger partial charge in [0, 0.05) is 19.0 Å². The zero-order chi connectivity index (χ0) is 18.0. The molecule has 0 saturated heterocycles. The Hall–Kier alpha value is -2.45. The fourth-order valence-corrected chi connectivity index (χ4v) is 2.59. The van der Waals surface area contributed by atoms with E-state index in [0.29, 0.717) is 27.6 Å². The predicted octanol–water partition coefficient (Wildman–Crippen LogP) is 5.19. The lowest BCUT2D eigenvalue weighted by Gasteiger charge is -2.12. The molecule has 2 nitrogen and oxygen atoms in total. The van der Waals surface area contributed by atoms with E-state index in [-0.39, 0.29) is 0 Å². The summed E-state index contributed by atoms with van der Waals surface area (Å²) in [4.78, 5) is 0. The maximum atomic E-state index is 8.57. The summed E-state index contributed by atoms with van der Waals surface area (Å²) in [6, 6.07) is 19.6. The molecule has 0 radical (unpaired) electrons. The summed E-state index contributed by atoms with van der Waals surface area (Å²) >= 11 is 6.10. The van der Waals surface area contributed by atoms with Gasteiger partial charge in [-0.25, -0.2) is 0 Å². The van der Waals surface area contributed by atoms with Crippen LogP contribution in [0.3, 0.4) is 0 Å². The second-order valence-electron chi connectivity index (χ2n) is 5.17. The number of nitrogens with two attached hydrogens (primary N) is 1. The lowest BCUT2D eigenvalue weighted by Crippen LogP contribution is -1.93. The van der Waals surface area contributed by atoms with Crippen LogP contribution in [0.5, 0.6) is 5.75 Å². The summed E-state index contributed by atoms with van der Waals surface area (Å²) in [5.41, 5.74) is 9.06. The fraction of sp³-hybridized carbons (Fsp3) is 0.100. The number of benzene rings is 3. The Morgan fingerprint density at radius 2 is 1.74 bits per heavy atom. The molecule has 0 saturated carbocycles. The Morgan fingerprint density at radius 3 is 2.43 bits per heavy atom. The zero-order valence-corrected chi connectivity index (χ0v) is 13.5. The normalized spacial score (nSPS) is 12.4. The average molecular weight is 326 g/mol. The van der Waals surface area contributed by atoms with Crippen LogP contribution in [0.25, 0.3) is 11.1 Å². The van der Waals surface area contributed by atoms with Crippen molar-refractivity contribution in [1.82, 2.24) is 0 Å². The Bertz CT molecular complexity index is 894. The number of nitrogen functional groups attached to an aromatic ring is 1. The topological polar surface area (TPSA) is 35.2 Å². The maximum Gasteiger partial charge on any atom is 0.126 e. The Balaban J connectivity index is 2.11. The minimum atomic E-state index is -1.66. The highest BCUT2D eigenvalue weighted by Gasteiger charge is 2.08. The standard InChI is InChI=1S/C20H18ClNO/c1-23-20-10-7-15(11-14-5-8-18(22)9-6-14)12-19(20)16-3-2-4-17(21)13-16/h2-10,12-13H,11,22H2,1H3/i11D2. The third kappa shape index (κ3) is 3.66. The van der Waals surface area contributed by atoms with Gasteiger partial charge in [0.2, 0.25) is 0 Å². The minimum Gasteiger partial charge on any atom is -0.496 e. The van der Waals surface area contributed by atoms with Crippen LogP contribution in [0.1, 0.15) is 13.9 Å². The van der Waals surface area contributed by atoms with Gasteiger partial charge in [-0.05, 0) is 59.5 Å². The van der Waals surface area contributed by atoms with Crippen LogP contribution in [0.2, 0.25) is 5.02 Å². The quantitative estimate of drug-likeness (QED) is 0.670. The summed E-state index contributed by atoms with van der Waals surface area (Å²) in [6.45, 7) is 0. The first-order valence-corrected chi connectivity index (χ1v) is 7.60. The van der Waals surface area contributed by atoms with E-state index in [0.717, 1.165) is 11.1 Å². The Morgan fingerprint density at radius 1 is 1.00 bits per heavy atom. The van der Waals surface area contributed by atoms with E-state index in [4.69, 9.17) is 24.8 Å². The number of rotatable bonds is 4. The second kappa shape index (κ2) is 6.76. The van der Waals surface area contributed by atoms with Gasteiger partial charge in [0.1, 0.15) is 5.75 Å². The third-order valence-electron chi connectivity index (χ3n) is 3.53. The molecule has 0 heterocycles. The van der Waals surface area contributed by atoms with Crippen LogP contribution >= 0.6 is 11.6 Å². The second-order valence-corrected chi connectivity index (χ2v) is 5.61. The highest BCUT2D eigenvalue weighted by molar-refractivity contribution is 6.30. The van der Waals surface area contributed by atoms with Gasteiger partial charge in [-0.3, -0.25) is 0 Å². The van der Waals surface area contributed by atoms with Crippen molar-refractivity contribution in [3.8, 4) is 16.9 Å². The van der Waals surface area contributed by atoms with Gasteiger partial charge < -0.3 is 10.5 Å². The molecule has 116 valence electrons. The zero-order valence-electron chi connectivity index (χ0n) is 14.7. The Kier molecular flexibility index (Phi) is 3.83. The fourth-order valence-electron chi connectivity index (χ4n) is 2.40. The van der Waals surface area contributed by atoms with Gasteiger partial charge in [0.15, 0.2) is 0 Å². The maximum absolute atomic E-state index is 8.57. The molecule has 0 spiro atoms. The summed E-state index contributed by atoms with van der Waals surface area (Å²) in [5.74, 6) is 0.666. The molecule has 0 amide bonds. The molecule has 0 aliphatic carbocycles. The third-order valence-corrected chi connectivity index (χ3v) is 3.77. The van der Waals surface area contributed by atoms with Crippen molar-refractivity contribution in [1.29, 1.82) is 0 Å². The van der Waals surface area contributed by atoms with Crippen molar-refractivity contribution in [2.75, 3.05) is 12.8 Å². The van der Waals surface area contributed by atoms with E-state index >= 15 is 0 Å². The molecule has 0 fully saturated rings. The van der Waals surface area contributed by atoms with Gasteiger partial charge in [0.25, 0.3) is 0 Å². The molecule has 0 aliphatic heterocycles. The van der Waals surface area contributed by atoms with Crippen molar-refractivity contribution in [3.05, 3.63) is 82.9 Å². The van der Waals surface area contributed by atoms with E-state index < -0.39 is 6.37 Å². The van der Waals surface area contributed by atoms with E-state index in [9.17, 15) is 0 Å². The SMILES string of the molecule is [2H]C([2H])(c1ccc(N)cc1)c1ccc(OC)c(-c2cccc(Cl)c2)c1. The average Bonchev–Trinajstić information content (AvgIpc) is 2.61. The van der Waals surface area contributed by atoms with Crippen LogP contribution in [0, 0.1) is 0 Å². The summed E-state index contributed by atoms with van der Waals surface area (Å²) in [7, 11) is 1.59. The number of methoxy groups -OCH3 is 1. The molecule has 0 bridgehead atoms. The van der Waals surface area contributed by atoms with E-state index in [1.165, 1.54) is 0 Å². The molecular weight excluding hydrogens is 306 g/mol.